The average molecular weight is 273 g/mol. The third kappa shape index (κ3) is 3.17. The molecule has 5 heteroatoms. The highest BCUT2D eigenvalue weighted by molar-refractivity contribution is 6.05. The lowest BCUT2D eigenvalue weighted by molar-refractivity contribution is -0.117. The molecule has 0 bridgehead atoms. The van der Waals surface area contributed by atoms with Gasteiger partial charge in [0.1, 0.15) is 11.6 Å². The summed E-state index contributed by atoms with van der Waals surface area (Å²) in [5, 5.41) is 2.86. The molecule has 1 heterocycles. The second-order valence-corrected chi connectivity index (χ2v) is 4.63. The van der Waals surface area contributed by atoms with Crippen LogP contribution in [0.5, 0.6) is 5.75 Å². The lowest BCUT2D eigenvalue weighted by Gasteiger charge is -2.06. The number of amidine groups is 1. The maximum Gasteiger partial charge on any atom is 0.247 e. The topological polar surface area (TPSA) is 76.7 Å². The van der Waals surface area contributed by atoms with Crippen molar-refractivity contribution in [2.75, 3.05) is 13.7 Å². The molecule has 0 aliphatic carbocycles. The number of ether oxygens (including phenoxy) is 1. The Balaban J connectivity index is 2.37. The number of nitrogens with one attached hydrogen (secondary N) is 1. The number of amides is 1. The Labute approximate surface area is 118 Å². The van der Waals surface area contributed by atoms with E-state index in [0.717, 1.165) is 23.4 Å². The zero-order chi connectivity index (χ0) is 14.5. The fraction of sp³-hybridized carbons (Fsp3) is 0.333. The molecule has 0 radical (unpaired) electrons. The maximum atomic E-state index is 12.1. The van der Waals surface area contributed by atoms with E-state index in [9.17, 15) is 4.79 Å². The molecule has 0 aromatic heterocycles. The van der Waals surface area contributed by atoms with E-state index in [2.05, 4.69) is 10.3 Å². The van der Waals surface area contributed by atoms with E-state index >= 15 is 0 Å². The summed E-state index contributed by atoms with van der Waals surface area (Å²) >= 11 is 0. The monoisotopic (exact) mass is 273 g/mol. The Morgan fingerprint density at radius 3 is 3.00 bits per heavy atom. The van der Waals surface area contributed by atoms with Gasteiger partial charge in [-0.15, -0.1) is 0 Å². The van der Waals surface area contributed by atoms with Gasteiger partial charge in [0, 0.05) is 24.1 Å². The number of carbonyl (C=O) groups excluding carboxylic acids is 1. The van der Waals surface area contributed by atoms with Crippen LogP contribution in [0.15, 0.2) is 28.8 Å². The van der Waals surface area contributed by atoms with Gasteiger partial charge in [-0.05, 0) is 30.7 Å². The zero-order valence-electron chi connectivity index (χ0n) is 11.8. The van der Waals surface area contributed by atoms with Crippen molar-refractivity contribution < 1.29 is 9.53 Å². The molecule has 1 aliphatic rings. The van der Waals surface area contributed by atoms with Crippen LogP contribution in [0.1, 0.15) is 25.3 Å². The molecule has 20 heavy (non-hydrogen) atoms. The molecule has 106 valence electrons. The first kappa shape index (κ1) is 14.1. The fourth-order valence-corrected chi connectivity index (χ4v) is 2.00. The quantitative estimate of drug-likeness (QED) is 0.880. The van der Waals surface area contributed by atoms with Crippen LogP contribution < -0.4 is 15.8 Å². The molecule has 0 saturated carbocycles. The highest BCUT2D eigenvalue weighted by atomic mass is 16.5. The van der Waals surface area contributed by atoms with Gasteiger partial charge in [-0.3, -0.25) is 4.79 Å². The van der Waals surface area contributed by atoms with Crippen LogP contribution in [-0.2, 0) is 4.79 Å². The minimum atomic E-state index is -0.0966. The second kappa shape index (κ2) is 6.23. The molecule has 0 saturated heterocycles. The van der Waals surface area contributed by atoms with Crippen molar-refractivity contribution in [1.82, 2.24) is 5.32 Å². The Kier molecular flexibility index (Phi) is 4.40. The molecule has 2 rings (SSSR count). The predicted molar refractivity (Wildman–Crippen MR) is 80.2 cm³/mol. The third-order valence-electron chi connectivity index (χ3n) is 3.03. The van der Waals surface area contributed by atoms with Crippen LogP contribution in [0.3, 0.4) is 0 Å². The van der Waals surface area contributed by atoms with E-state index in [-0.39, 0.29) is 5.91 Å². The molecule has 0 atom stereocenters. The van der Waals surface area contributed by atoms with Crippen molar-refractivity contribution in [3.63, 3.8) is 0 Å². The summed E-state index contributed by atoms with van der Waals surface area (Å²) in [4.78, 5) is 16.4. The van der Waals surface area contributed by atoms with Gasteiger partial charge in [0.15, 0.2) is 0 Å². The van der Waals surface area contributed by atoms with Crippen LogP contribution >= 0.6 is 0 Å². The highest BCUT2D eigenvalue weighted by Gasteiger charge is 2.16. The highest BCUT2D eigenvalue weighted by Crippen LogP contribution is 2.29. The first-order valence-corrected chi connectivity index (χ1v) is 6.64. The maximum absolute atomic E-state index is 12.1. The van der Waals surface area contributed by atoms with Gasteiger partial charge in [-0.1, -0.05) is 6.92 Å². The predicted octanol–water partition coefficient (Wildman–Crippen LogP) is 2.00. The van der Waals surface area contributed by atoms with Crippen LogP contribution in [-0.4, -0.2) is 25.4 Å². The number of benzene rings is 1. The lowest BCUT2D eigenvalue weighted by Crippen LogP contribution is -2.27. The van der Waals surface area contributed by atoms with E-state index in [4.69, 9.17) is 10.5 Å². The zero-order valence-corrected chi connectivity index (χ0v) is 11.8. The van der Waals surface area contributed by atoms with E-state index in [0.29, 0.717) is 24.4 Å². The average Bonchev–Trinajstić information content (AvgIpc) is 2.61. The van der Waals surface area contributed by atoms with Crippen LogP contribution in [0.25, 0.3) is 6.08 Å². The summed E-state index contributed by atoms with van der Waals surface area (Å²) in [6, 6.07) is 5.51. The summed E-state index contributed by atoms with van der Waals surface area (Å²) in [7, 11) is 1.61. The largest absolute Gasteiger partial charge is 0.497 e. The minimum Gasteiger partial charge on any atom is -0.497 e. The third-order valence-corrected chi connectivity index (χ3v) is 3.03. The van der Waals surface area contributed by atoms with Crippen molar-refractivity contribution in [2.45, 2.75) is 19.8 Å². The Hall–Kier alpha value is -2.30. The molecule has 1 aromatic rings. The number of carbonyl (C=O) groups is 1. The molecule has 1 aromatic carbocycles. The number of fused-ring (bicyclic) bond motifs is 1. The molecule has 1 amide bonds. The molecule has 3 N–H and O–H groups in total. The van der Waals surface area contributed by atoms with Crippen LogP contribution in [0.4, 0.5) is 5.69 Å². The van der Waals surface area contributed by atoms with Gasteiger partial charge in [0.05, 0.1) is 12.8 Å². The van der Waals surface area contributed by atoms with Crippen LogP contribution in [0, 0.1) is 0 Å². The molecule has 0 spiro atoms. The Bertz CT molecular complexity index is 576. The van der Waals surface area contributed by atoms with Crippen molar-refractivity contribution in [3.8, 4) is 5.75 Å². The van der Waals surface area contributed by atoms with Gasteiger partial charge in [0.25, 0.3) is 0 Å². The SMILES string of the molecule is CCCNC(=O)C1=Cc2cc(OC)ccc2N=C(N)C1. The molecule has 0 fully saturated rings. The Morgan fingerprint density at radius 1 is 1.50 bits per heavy atom. The smallest absolute Gasteiger partial charge is 0.247 e. The van der Waals surface area contributed by atoms with E-state index in [1.54, 1.807) is 7.11 Å². The van der Waals surface area contributed by atoms with Crippen LogP contribution in [0.2, 0.25) is 0 Å². The van der Waals surface area contributed by atoms with Gasteiger partial charge < -0.3 is 15.8 Å². The molecular weight excluding hydrogens is 254 g/mol. The normalized spacial score (nSPS) is 13.7. The number of hydrogen-bond acceptors (Lipinski definition) is 4. The summed E-state index contributed by atoms with van der Waals surface area (Å²) in [5.41, 5.74) is 8.08. The lowest BCUT2D eigenvalue weighted by atomic mass is 10.1. The van der Waals surface area contributed by atoms with Crippen molar-refractivity contribution >= 4 is 23.5 Å². The number of nitrogens with two attached hydrogens (primary N) is 1. The number of aliphatic imine (C=N–C) groups is 1. The van der Waals surface area contributed by atoms with Crippen molar-refractivity contribution in [1.29, 1.82) is 0 Å². The summed E-state index contributed by atoms with van der Waals surface area (Å²) in [6.45, 7) is 2.66. The Morgan fingerprint density at radius 2 is 2.30 bits per heavy atom. The van der Waals surface area contributed by atoms with E-state index in [1.807, 2.05) is 31.2 Å². The van der Waals surface area contributed by atoms with E-state index in [1.165, 1.54) is 0 Å². The van der Waals surface area contributed by atoms with E-state index < -0.39 is 0 Å². The van der Waals surface area contributed by atoms with Gasteiger partial charge in [-0.2, -0.15) is 0 Å². The fourth-order valence-electron chi connectivity index (χ4n) is 2.00. The van der Waals surface area contributed by atoms with Gasteiger partial charge in [0.2, 0.25) is 5.91 Å². The van der Waals surface area contributed by atoms with Gasteiger partial charge in [-0.25, -0.2) is 4.99 Å². The summed E-state index contributed by atoms with van der Waals surface area (Å²) in [6.07, 6.45) is 3.08. The first-order valence-electron chi connectivity index (χ1n) is 6.64. The number of methoxy groups -OCH3 is 1. The second-order valence-electron chi connectivity index (χ2n) is 4.63. The van der Waals surface area contributed by atoms with Gasteiger partial charge >= 0.3 is 0 Å². The van der Waals surface area contributed by atoms with Crippen molar-refractivity contribution in [2.24, 2.45) is 10.7 Å². The molecule has 0 unspecified atom stereocenters. The molecule has 1 aliphatic heterocycles. The molecular formula is C15H19N3O2. The number of nitrogens with zero attached hydrogens (tertiary/aromatic N) is 1. The summed E-state index contributed by atoms with van der Waals surface area (Å²) < 4.78 is 5.20. The molecule has 5 nitrogen and oxygen atoms in total. The summed E-state index contributed by atoms with van der Waals surface area (Å²) in [5.74, 6) is 1.07. The number of rotatable bonds is 4. The standard InChI is InChI=1S/C15H19N3O2/c1-3-6-17-15(19)11-7-10-8-12(20-2)4-5-13(10)18-14(16)9-11/h4-5,7-8H,3,6,9H2,1-2H3,(H2,16,18)(H,17,19). The first-order chi connectivity index (χ1) is 9.63. The number of hydrogen-bond donors (Lipinski definition) is 2. The minimum absolute atomic E-state index is 0.0966. The van der Waals surface area contributed by atoms with Crippen molar-refractivity contribution in [3.05, 3.63) is 29.3 Å².